The smallest absolute Gasteiger partial charge is 0.308 e. The third-order valence-corrected chi connectivity index (χ3v) is 4.36. The molecule has 1 unspecified atom stereocenters. The normalized spacial score (nSPS) is 11.6. The van der Waals surface area contributed by atoms with Crippen LogP contribution in [0, 0.1) is 5.92 Å². The molecule has 0 spiro atoms. The lowest BCUT2D eigenvalue weighted by Gasteiger charge is -2.15. The molecule has 26 heavy (non-hydrogen) atoms. The number of carboxylic acids is 1. The van der Waals surface area contributed by atoms with Crippen molar-refractivity contribution in [3.05, 3.63) is 64.7 Å². The minimum Gasteiger partial charge on any atom is -0.496 e. The number of carboxylic acid groups (broad SMARTS) is 1. The Kier molecular flexibility index (Phi) is 7.48. The van der Waals surface area contributed by atoms with Crippen LogP contribution < -0.4 is 10.1 Å². The van der Waals surface area contributed by atoms with Gasteiger partial charge in [-0.05, 0) is 42.2 Å². The highest BCUT2D eigenvalue weighted by Crippen LogP contribution is 2.21. The van der Waals surface area contributed by atoms with Crippen molar-refractivity contribution in [1.29, 1.82) is 0 Å². The molecule has 0 aliphatic carbocycles. The van der Waals surface area contributed by atoms with Gasteiger partial charge in [0.15, 0.2) is 0 Å². The molecule has 6 heteroatoms. The Labute approximate surface area is 157 Å². The summed E-state index contributed by atoms with van der Waals surface area (Å²) in [5, 5.41) is 12.8. The zero-order chi connectivity index (χ0) is 18.9. The van der Waals surface area contributed by atoms with Gasteiger partial charge in [0.05, 0.1) is 13.0 Å². The van der Waals surface area contributed by atoms with Crippen molar-refractivity contribution in [3.63, 3.8) is 0 Å². The van der Waals surface area contributed by atoms with Crippen LogP contribution in [0.2, 0.25) is 5.02 Å². The van der Waals surface area contributed by atoms with Gasteiger partial charge in [0.1, 0.15) is 5.75 Å². The molecular weight excluding hydrogens is 354 g/mol. The van der Waals surface area contributed by atoms with Crippen molar-refractivity contribution in [2.45, 2.75) is 19.3 Å². The lowest BCUT2D eigenvalue weighted by molar-refractivity contribution is -0.141. The quantitative estimate of drug-likeness (QED) is 0.704. The summed E-state index contributed by atoms with van der Waals surface area (Å²) in [5.41, 5.74) is 1.81. The highest BCUT2D eigenvalue weighted by Gasteiger charge is 2.20. The number of aliphatic carboxylic acids is 1. The lowest BCUT2D eigenvalue weighted by atomic mass is 9.98. The van der Waals surface area contributed by atoms with Crippen LogP contribution >= 0.6 is 11.6 Å². The Morgan fingerprint density at radius 2 is 1.85 bits per heavy atom. The van der Waals surface area contributed by atoms with Gasteiger partial charge in [-0.15, -0.1) is 0 Å². The third kappa shape index (κ3) is 6.08. The van der Waals surface area contributed by atoms with E-state index in [-0.39, 0.29) is 18.9 Å². The molecule has 138 valence electrons. The second kappa shape index (κ2) is 9.82. The van der Waals surface area contributed by atoms with E-state index in [1.54, 1.807) is 25.3 Å². The fraction of sp³-hybridized carbons (Fsp3) is 0.300. The number of halogens is 1. The number of amides is 1. The summed E-state index contributed by atoms with van der Waals surface area (Å²) >= 11 is 5.83. The van der Waals surface area contributed by atoms with E-state index < -0.39 is 11.9 Å². The van der Waals surface area contributed by atoms with Crippen LogP contribution in [0.3, 0.4) is 0 Å². The van der Waals surface area contributed by atoms with Crippen molar-refractivity contribution in [2.75, 3.05) is 13.7 Å². The summed E-state index contributed by atoms with van der Waals surface area (Å²) in [6, 6.07) is 14.6. The Hall–Kier alpha value is -2.53. The number of hydrogen-bond acceptors (Lipinski definition) is 3. The summed E-state index contributed by atoms with van der Waals surface area (Å²) in [6.45, 7) is 0.0762. The number of methoxy groups -OCH3 is 1. The van der Waals surface area contributed by atoms with Crippen LogP contribution in [0.4, 0.5) is 0 Å². The predicted octanol–water partition coefficient (Wildman–Crippen LogP) is 3.34. The van der Waals surface area contributed by atoms with Crippen LogP contribution in [0.25, 0.3) is 0 Å². The number of carbonyl (C=O) groups is 2. The molecule has 0 bridgehead atoms. The minimum atomic E-state index is -0.950. The van der Waals surface area contributed by atoms with Crippen LogP contribution in [-0.2, 0) is 22.4 Å². The van der Waals surface area contributed by atoms with E-state index in [1.165, 1.54) is 0 Å². The molecule has 0 heterocycles. The summed E-state index contributed by atoms with van der Waals surface area (Å²) in [5.74, 6) is -1.20. The van der Waals surface area contributed by atoms with Gasteiger partial charge < -0.3 is 15.2 Å². The number of para-hydroxylation sites is 1. The molecule has 1 amide bonds. The van der Waals surface area contributed by atoms with Crippen LogP contribution in [0.5, 0.6) is 5.75 Å². The zero-order valence-electron chi connectivity index (χ0n) is 14.6. The standard InChI is InChI=1S/C20H22ClNO4/c1-26-18-5-3-2-4-15(18)12-16(20(24)25)13-22-19(23)11-8-14-6-9-17(21)10-7-14/h2-7,9-10,16H,8,11-13H2,1H3,(H,22,23)(H,24,25). The second-order valence-electron chi connectivity index (χ2n) is 5.98. The van der Waals surface area contributed by atoms with E-state index in [2.05, 4.69) is 5.32 Å². The van der Waals surface area contributed by atoms with Gasteiger partial charge in [0.2, 0.25) is 5.91 Å². The third-order valence-electron chi connectivity index (χ3n) is 4.11. The van der Waals surface area contributed by atoms with Crippen molar-refractivity contribution in [3.8, 4) is 5.75 Å². The van der Waals surface area contributed by atoms with Gasteiger partial charge in [0.25, 0.3) is 0 Å². The molecule has 0 saturated heterocycles. The van der Waals surface area contributed by atoms with E-state index >= 15 is 0 Å². The number of benzene rings is 2. The predicted molar refractivity (Wildman–Crippen MR) is 101 cm³/mol. The number of rotatable bonds is 9. The van der Waals surface area contributed by atoms with Crippen LogP contribution in [0.15, 0.2) is 48.5 Å². The number of nitrogens with one attached hydrogen (secondary N) is 1. The highest BCUT2D eigenvalue weighted by atomic mass is 35.5. The highest BCUT2D eigenvalue weighted by molar-refractivity contribution is 6.30. The Morgan fingerprint density at radius 3 is 2.50 bits per heavy atom. The first-order valence-electron chi connectivity index (χ1n) is 8.35. The molecule has 2 rings (SSSR count). The fourth-order valence-electron chi connectivity index (χ4n) is 2.62. The molecular formula is C20H22ClNO4. The van der Waals surface area contributed by atoms with Crippen molar-refractivity contribution >= 4 is 23.5 Å². The van der Waals surface area contributed by atoms with E-state index in [0.29, 0.717) is 23.6 Å². The first kappa shape index (κ1) is 19.8. The van der Waals surface area contributed by atoms with Gasteiger partial charge in [-0.3, -0.25) is 9.59 Å². The summed E-state index contributed by atoms with van der Waals surface area (Å²) in [7, 11) is 1.55. The Bertz CT molecular complexity index is 746. The zero-order valence-corrected chi connectivity index (χ0v) is 15.3. The van der Waals surface area contributed by atoms with Crippen molar-refractivity contribution in [1.82, 2.24) is 5.32 Å². The average molecular weight is 376 g/mol. The number of ether oxygens (including phenoxy) is 1. The molecule has 0 fully saturated rings. The molecule has 5 nitrogen and oxygen atoms in total. The largest absolute Gasteiger partial charge is 0.496 e. The molecule has 0 aromatic heterocycles. The fourth-order valence-corrected chi connectivity index (χ4v) is 2.74. The van der Waals surface area contributed by atoms with E-state index in [9.17, 15) is 14.7 Å². The summed E-state index contributed by atoms with van der Waals surface area (Å²) < 4.78 is 5.26. The van der Waals surface area contributed by atoms with Gasteiger partial charge in [-0.25, -0.2) is 0 Å². The molecule has 0 radical (unpaired) electrons. The Balaban J connectivity index is 1.86. The lowest BCUT2D eigenvalue weighted by Crippen LogP contribution is -2.34. The first-order chi connectivity index (χ1) is 12.5. The van der Waals surface area contributed by atoms with Gasteiger partial charge >= 0.3 is 5.97 Å². The first-order valence-corrected chi connectivity index (χ1v) is 8.73. The van der Waals surface area contributed by atoms with Crippen molar-refractivity contribution < 1.29 is 19.4 Å². The van der Waals surface area contributed by atoms with Crippen LogP contribution in [-0.4, -0.2) is 30.6 Å². The molecule has 0 saturated carbocycles. The topological polar surface area (TPSA) is 75.6 Å². The Morgan fingerprint density at radius 1 is 1.15 bits per heavy atom. The molecule has 2 aromatic carbocycles. The van der Waals surface area contributed by atoms with Crippen molar-refractivity contribution in [2.24, 2.45) is 5.92 Å². The molecule has 0 aliphatic heterocycles. The average Bonchev–Trinajstić information content (AvgIpc) is 2.64. The van der Waals surface area contributed by atoms with Gasteiger partial charge in [-0.1, -0.05) is 41.9 Å². The number of aryl methyl sites for hydroxylation is 1. The summed E-state index contributed by atoms with van der Waals surface area (Å²) in [4.78, 5) is 23.6. The number of carbonyl (C=O) groups excluding carboxylic acids is 1. The molecule has 0 aliphatic rings. The number of hydrogen-bond donors (Lipinski definition) is 2. The minimum absolute atomic E-state index is 0.0762. The van der Waals surface area contributed by atoms with Gasteiger partial charge in [-0.2, -0.15) is 0 Å². The molecule has 2 aromatic rings. The maximum atomic E-state index is 12.0. The maximum Gasteiger partial charge on any atom is 0.308 e. The van der Waals surface area contributed by atoms with E-state index in [4.69, 9.17) is 16.3 Å². The molecule has 2 N–H and O–H groups in total. The SMILES string of the molecule is COc1ccccc1CC(CNC(=O)CCc1ccc(Cl)cc1)C(=O)O. The molecule has 1 atom stereocenters. The summed E-state index contributed by atoms with van der Waals surface area (Å²) in [6.07, 6.45) is 1.16. The second-order valence-corrected chi connectivity index (χ2v) is 6.42. The van der Waals surface area contributed by atoms with Crippen LogP contribution in [0.1, 0.15) is 17.5 Å². The maximum absolute atomic E-state index is 12.0. The van der Waals surface area contributed by atoms with E-state index in [1.807, 2.05) is 30.3 Å². The monoisotopic (exact) mass is 375 g/mol. The van der Waals surface area contributed by atoms with Gasteiger partial charge in [0, 0.05) is 18.0 Å². The van der Waals surface area contributed by atoms with E-state index in [0.717, 1.165) is 11.1 Å².